The van der Waals surface area contributed by atoms with E-state index in [1.807, 2.05) is 0 Å². The predicted octanol–water partition coefficient (Wildman–Crippen LogP) is 4.24. The summed E-state index contributed by atoms with van der Waals surface area (Å²) in [6.07, 6.45) is -2.65. The Morgan fingerprint density at radius 1 is 0.967 bits per heavy atom. The third-order valence-electron chi connectivity index (χ3n) is 5.19. The lowest BCUT2D eigenvalue weighted by molar-refractivity contribution is -0.137. The van der Waals surface area contributed by atoms with Gasteiger partial charge < -0.3 is 4.90 Å². The molecule has 30 heavy (non-hydrogen) atoms. The van der Waals surface area contributed by atoms with Crippen molar-refractivity contribution in [2.75, 3.05) is 29.7 Å². The summed E-state index contributed by atoms with van der Waals surface area (Å²) in [5, 5.41) is 0. The number of alkyl halides is 3. The minimum Gasteiger partial charge on any atom is -0.339 e. The zero-order chi connectivity index (χ0) is 21.5. The van der Waals surface area contributed by atoms with Gasteiger partial charge in [-0.1, -0.05) is 0 Å². The van der Waals surface area contributed by atoms with Gasteiger partial charge in [-0.05, 0) is 55.3 Å². The summed E-state index contributed by atoms with van der Waals surface area (Å²) in [6.45, 7) is 1.53. The highest BCUT2D eigenvalue weighted by Gasteiger charge is 2.33. The van der Waals surface area contributed by atoms with Crippen molar-refractivity contribution in [1.82, 2.24) is 4.90 Å². The highest BCUT2D eigenvalue weighted by atomic mass is 32.2. The molecule has 5 nitrogen and oxygen atoms in total. The number of likely N-dealkylation sites (tertiary alicyclic amines) is 1. The van der Waals surface area contributed by atoms with Gasteiger partial charge in [-0.2, -0.15) is 13.2 Å². The van der Waals surface area contributed by atoms with Gasteiger partial charge in [0.15, 0.2) is 0 Å². The van der Waals surface area contributed by atoms with Gasteiger partial charge in [0, 0.05) is 35.8 Å². The van der Waals surface area contributed by atoms with Crippen molar-refractivity contribution in [3.63, 3.8) is 0 Å². The summed E-state index contributed by atoms with van der Waals surface area (Å²) in [7, 11) is -4.07. The lowest BCUT2D eigenvalue weighted by Gasteiger charge is -2.30. The Bertz CT molecular complexity index is 1060. The first-order valence-corrected chi connectivity index (χ1v) is 11.9. The lowest BCUT2D eigenvalue weighted by Crippen LogP contribution is -2.36. The Morgan fingerprint density at radius 2 is 1.63 bits per heavy atom. The maximum absolute atomic E-state index is 13.2. The topological polar surface area (TPSA) is 57.7 Å². The highest BCUT2D eigenvalue weighted by Crippen LogP contribution is 2.39. The fraction of sp³-hybridized carbons (Fsp3) is 0.350. The molecule has 4 rings (SSSR count). The number of hydrogen-bond donors (Lipinski definition) is 0. The van der Waals surface area contributed by atoms with Gasteiger partial charge in [-0.15, -0.1) is 11.8 Å². The molecule has 2 aliphatic rings. The second kappa shape index (κ2) is 7.81. The molecule has 1 fully saturated rings. The Morgan fingerprint density at radius 3 is 2.27 bits per heavy atom. The summed E-state index contributed by atoms with van der Waals surface area (Å²) in [5.41, 5.74) is -0.114. The van der Waals surface area contributed by atoms with Crippen molar-refractivity contribution >= 4 is 33.4 Å². The zero-order valence-electron chi connectivity index (χ0n) is 15.9. The SMILES string of the molecule is O=C(c1ccc2c(c1)N(S(=O)(=O)c1ccc(C(F)(F)F)cc1)CCS2)N1CCCC1. The van der Waals surface area contributed by atoms with Crippen LogP contribution in [0.1, 0.15) is 28.8 Å². The predicted molar refractivity (Wildman–Crippen MR) is 108 cm³/mol. The van der Waals surface area contributed by atoms with E-state index in [9.17, 15) is 26.4 Å². The summed E-state index contributed by atoms with van der Waals surface area (Å²) in [6, 6.07) is 8.47. The van der Waals surface area contributed by atoms with E-state index in [4.69, 9.17) is 0 Å². The van der Waals surface area contributed by atoms with Crippen LogP contribution in [-0.4, -0.2) is 44.6 Å². The first-order chi connectivity index (χ1) is 14.2. The summed E-state index contributed by atoms with van der Waals surface area (Å²) in [5.74, 6) is 0.365. The molecule has 1 amide bonds. The molecule has 10 heteroatoms. The van der Waals surface area contributed by atoms with Crippen LogP contribution in [0.5, 0.6) is 0 Å². The van der Waals surface area contributed by atoms with Gasteiger partial charge in [0.25, 0.3) is 15.9 Å². The third kappa shape index (κ3) is 3.90. The molecule has 2 aliphatic heterocycles. The van der Waals surface area contributed by atoms with Gasteiger partial charge in [-0.25, -0.2) is 8.42 Å². The molecule has 0 aliphatic carbocycles. The van der Waals surface area contributed by atoms with E-state index in [0.29, 0.717) is 30.1 Å². The summed E-state index contributed by atoms with van der Waals surface area (Å²) >= 11 is 1.48. The van der Waals surface area contributed by atoms with Crippen LogP contribution in [0.4, 0.5) is 18.9 Å². The van der Waals surface area contributed by atoms with Gasteiger partial charge in [-0.3, -0.25) is 9.10 Å². The number of anilines is 1. The standard InChI is InChI=1S/C20H19F3N2O3S2/c21-20(22,23)15-4-6-16(7-5-15)30(27,28)25-11-12-29-18-8-3-14(13-17(18)25)19(26)24-9-1-2-10-24/h3-8,13H,1-2,9-12H2. The quantitative estimate of drug-likeness (QED) is 0.693. The number of amides is 1. The maximum Gasteiger partial charge on any atom is 0.416 e. The highest BCUT2D eigenvalue weighted by molar-refractivity contribution is 8.00. The average molecular weight is 457 g/mol. The normalized spacial score (nSPS) is 17.2. The van der Waals surface area contributed by atoms with E-state index >= 15 is 0 Å². The lowest BCUT2D eigenvalue weighted by atomic mass is 10.1. The Balaban J connectivity index is 1.69. The van der Waals surface area contributed by atoms with Gasteiger partial charge in [0.2, 0.25) is 0 Å². The molecule has 0 bridgehead atoms. The van der Waals surface area contributed by atoms with Crippen LogP contribution in [0, 0.1) is 0 Å². The molecule has 2 heterocycles. The van der Waals surface area contributed by atoms with Crippen LogP contribution in [0.3, 0.4) is 0 Å². The van der Waals surface area contributed by atoms with Gasteiger partial charge >= 0.3 is 6.18 Å². The zero-order valence-corrected chi connectivity index (χ0v) is 17.5. The van der Waals surface area contributed by atoms with Crippen LogP contribution in [0.25, 0.3) is 0 Å². The number of nitrogens with zero attached hydrogens (tertiary/aromatic N) is 2. The van der Waals surface area contributed by atoms with Crippen molar-refractivity contribution < 1.29 is 26.4 Å². The van der Waals surface area contributed by atoms with Crippen LogP contribution in [0.15, 0.2) is 52.3 Å². The summed E-state index contributed by atoms with van der Waals surface area (Å²) in [4.78, 5) is 15.0. The van der Waals surface area contributed by atoms with E-state index in [2.05, 4.69) is 0 Å². The Labute approximate surface area is 176 Å². The van der Waals surface area contributed by atoms with E-state index in [1.54, 1.807) is 23.1 Å². The van der Waals surface area contributed by atoms with Crippen molar-refractivity contribution in [3.05, 3.63) is 53.6 Å². The monoisotopic (exact) mass is 456 g/mol. The Hall–Kier alpha value is -2.20. The van der Waals surface area contributed by atoms with E-state index in [1.165, 1.54) is 16.1 Å². The largest absolute Gasteiger partial charge is 0.416 e. The van der Waals surface area contributed by atoms with E-state index in [0.717, 1.165) is 42.0 Å². The molecule has 0 unspecified atom stereocenters. The average Bonchev–Trinajstić information content (AvgIpc) is 3.26. The minimum atomic E-state index is -4.54. The van der Waals surface area contributed by atoms with Crippen molar-refractivity contribution in [2.45, 2.75) is 28.8 Å². The van der Waals surface area contributed by atoms with Crippen LogP contribution < -0.4 is 4.31 Å². The molecule has 0 radical (unpaired) electrons. The van der Waals surface area contributed by atoms with Crippen LogP contribution in [-0.2, 0) is 16.2 Å². The molecule has 2 aromatic rings. The number of fused-ring (bicyclic) bond motifs is 1. The molecule has 0 N–H and O–H groups in total. The fourth-order valence-electron chi connectivity index (χ4n) is 3.62. The molecular weight excluding hydrogens is 437 g/mol. The molecule has 2 aromatic carbocycles. The van der Waals surface area contributed by atoms with Crippen molar-refractivity contribution in [3.8, 4) is 0 Å². The first kappa shape index (κ1) is 21.0. The minimum absolute atomic E-state index is 0.141. The molecule has 0 aromatic heterocycles. The molecule has 0 spiro atoms. The van der Waals surface area contributed by atoms with Crippen molar-refractivity contribution in [1.29, 1.82) is 0 Å². The van der Waals surface area contributed by atoms with Crippen LogP contribution in [0.2, 0.25) is 0 Å². The first-order valence-electron chi connectivity index (χ1n) is 9.44. The van der Waals surface area contributed by atoms with Gasteiger partial charge in [0.1, 0.15) is 0 Å². The molecule has 1 saturated heterocycles. The number of carbonyl (C=O) groups is 1. The number of thioether (sulfide) groups is 1. The Kier molecular flexibility index (Phi) is 5.48. The number of carbonyl (C=O) groups excluding carboxylic acids is 1. The van der Waals surface area contributed by atoms with E-state index < -0.39 is 21.8 Å². The molecule has 0 atom stereocenters. The number of benzene rings is 2. The fourth-order valence-corrected chi connectivity index (χ4v) is 6.25. The number of sulfonamides is 1. The third-order valence-corrected chi connectivity index (χ3v) is 8.06. The molecule has 160 valence electrons. The second-order valence-electron chi connectivity index (χ2n) is 7.13. The molecular formula is C20H19F3N2O3S2. The van der Waals surface area contributed by atoms with Gasteiger partial charge in [0.05, 0.1) is 16.1 Å². The number of rotatable bonds is 3. The van der Waals surface area contributed by atoms with E-state index in [-0.39, 0.29) is 17.3 Å². The second-order valence-corrected chi connectivity index (χ2v) is 10.1. The molecule has 0 saturated carbocycles. The number of hydrogen-bond acceptors (Lipinski definition) is 4. The smallest absolute Gasteiger partial charge is 0.339 e. The number of halogens is 3. The van der Waals surface area contributed by atoms with Crippen molar-refractivity contribution in [2.24, 2.45) is 0 Å². The van der Waals surface area contributed by atoms with Crippen LogP contribution >= 0.6 is 11.8 Å². The summed E-state index contributed by atoms with van der Waals surface area (Å²) < 4.78 is 66.0. The maximum atomic E-state index is 13.2.